The summed E-state index contributed by atoms with van der Waals surface area (Å²) in [6.07, 6.45) is 2.11. The number of carbonyl (C=O) groups is 2. The number of benzene rings is 2. The predicted molar refractivity (Wildman–Crippen MR) is 136 cm³/mol. The van der Waals surface area contributed by atoms with Gasteiger partial charge in [-0.2, -0.15) is 13.2 Å². The van der Waals surface area contributed by atoms with Crippen LogP contribution in [0.4, 0.5) is 23.7 Å². The Morgan fingerprint density at radius 3 is 2.61 bits per heavy atom. The lowest BCUT2D eigenvalue weighted by atomic mass is 9.90. The van der Waals surface area contributed by atoms with E-state index in [-0.39, 0.29) is 22.7 Å². The van der Waals surface area contributed by atoms with Crippen LogP contribution in [0.15, 0.2) is 65.2 Å². The summed E-state index contributed by atoms with van der Waals surface area (Å²) in [5.74, 6) is -0.670. The molecule has 2 N–H and O–H groups in total. The van der Waals surface area contributed by atoms with Crippen molar-refractivity contribution in [1.29, 1.82) is 5.41 Å². The second-order valence-electron chi connectivity index (χ2n) is 7.64. The SMILES string of the molecule is COC(=O)NC(=Nc1ccc(C(=O)c2cccc(C(F)(F)F)c2Cl)c(CC2=CC=CC(=N)C2)c1)SC. The molecule has 0 atom stereocenters. The molecule has 2 aromatic rings. The Bertz CT molecular complexity index is 1300. The van der Waals surface area contributed by atoms with Crippen LogP contribution in [0.25, 0.3) is 0 Å². The number of nitrogens with one attached hydrogen (secondary N) is 2. The number of alkyl carbamates (subject to hydrolysis) is 1. The number of ketones is 1. The van der Waals surface area contributed by atoms with Gasteiger partial charge < -0.3 is 10.1 Å². The Morgan fingerprint density at radius 1 is 1.22 bits per heavy atom. The first kappa shape index (κ1) is 27.2. The van der Waals surface area contributed by atoms with Crippen LogP contribution in [0.3, 0.4) is 0 Å². The minimum Gasteiger partial charge on any atom is -0.453 e. The zero-order chi connectivity index (χ0) is 26.5. The average molecular weight is 536 g/mol. The Morgan fingerprint density at radius 2 is 1.97 bits per heavy atom. The first-order valence-electron chi connectivity index (χ1n) is 10.5. The molecule has 0 saturated heterocycles. The van der Waals surface area contributed by atoms with Crippen molar-refractivity contribution in [1.82, 2.24) is 5.32 Å². The van der Waals surface area contributed by atoms with Gasteiger partial charge in [0.05, 0.1) is 23.4 Å². The molecule has 3 rings (SSSR count). The lowest BCUT2D eigenvalue weighted by Gasteiger charge is -2.16. The number of rotatable bonds is 5. The molecule has 11 heteroatoms. The third-order valence-electron chi connectivity index (χ3n) is 5.16. The third-order valence-corrected chi connectivity index (χ3v) is 6.15. The van der Waals surface area contributed by atoms with E-state index >= 15 is 0 Å². The molecule has 2 aromatic carbocycles. The van der Waals surface area contributed by atoms with E-state index in [0.717, 1.165) is 29.5 Å². The fraction of sp³-hybridized carbons (Fsp3) is 0.200. The monoisotopic (exact) mass is 535 g/mol. The molecule has 0 saturated carbocycles. The number of thioether (sulfide) groups is 1. The maximum atomic E-state index is 13.4. The van der Waals surface area contributed by atoms with E-state index in [0.29, 0.717) is 23.4 Å². The Balaban J connectivity index is 2.08. The van der Waals surface area contributed by atoms with Crippen molar-refractivity contribution in [2.45, 2.75) is 19.0 Å². The van der Waals surface area contributed by atoms with Gasteiger partial charge in [-0.15, -0.1) is 0 Å². The van der Waals surface area contributed by atoms with Gasteiger partial charge in [-0.1, -0.05) is 47.2 Å². The predicted octanol–water partition coefficient (Wildman–Crippen LogP) is 6.74. The highest BCUT2D eigenvalue weighted by molar-refractivity contribution is 8.13. The van der Waals surface area contributed by atoms with E-state index < -0.39 is 28.6 Å². The zero-order valence-corrected chi connectivity index (χ0v) is 20.8. The maximum Gasteiger partial charge on any atom is 0.417 e. The fourth-order valence-electron chi connectivity index (χ4n) is 3.50. The average Bonchev–Trinajstić information content (AvgIpc) is 2.82. The molecule has 0 aliphatic heterocycles. The molecule has 0 bridgehead atoms. The van der Waals surface area contributed by atoms with Crippen molar-refractivity contribution < 1.29 is 27.5 Å². The van der Waals surface area contributed by atoms with Crippen LogP contribution in [0.2, 0.25) is 5.02 Å². The molecule has 0 aromatic heterocycles. The lowest BCUT2D eigenvalue weighted by Crippen LogP contribution is -2.27. The van der Waals surface area contributed by atoms with Gasteiger partial charge in [0.25, 0.3) is 0 Å². The molecule has 0 unspecified atom stereocenters. The number of halogens is 4. The van der Waals surface area contributed by atoms with Crippen LogP contribution in [0, 0.1) is 5.41 Å². The summed E-state index contributed by atoms with van der Waals surface area (Å²) in [5.41, 5.74) is 0.912. The van der Waals surface area contributed by atoms with E-state index in [1.54, 1.807) is 24.5 Å². The molecule has 36 heavy (non-hydrogen) atoms. The van der Waals surface area contributed by atoms with Gasteiger partial charge >= 0.3 is 12.3 Å². The number of ether oxygens (including phenoxy) is 1. The van der Waals surface area contributed by atoms with Crippen LogP contribution in [0.1, 0.15) is 33.5 Å². The molecule has 0 fully saturated rings. The summed E-state index contributed by atoms with van der Waals surface area (Å²) < 4.78 is 44.7. The molecular weight excluding hydrogens is 515 g/mol. The molecule has 6 nitrogen and oxygen atoms in total. The number of carbonyl (C=O) groups excluding carboxylic acids is 2. The van der Waals surface area contributed by atoms with Gasteiger partial charge in [-0.05, 0) is 54.6 Å². The number of amidine groups is 1. The van der Waals surface area contributed by atoms with Crippen molar-refractivity contribution in [3.8, 4) is 0 Å². The van der Waals surface area contributed by atoms with E-state index in [1.165, 1.54) is 25.3 Å². The van der Waals surface area contributed by atoms with Crippen molar-refractivity contribution in [2.24, 2.45) is 4.99 Å². The number of allylic oxidation sites excluding steroid dienone is 4. The van der Waals surface area contributed by atoms with Crippen molar-refractivity contribution >= 4 is 51.8 Å². The first-order valence-corrected chi connectivity index (χ1v) is 12.1. The van der Waals surface area contributed by atoms with Gasteiger partial charge in [-0.3, -0.25) is 10.1 Å². The van der Waals surface area contributed by atoms with Crippen molar-refractivity contribution in [2.75, 3.05) is 13.4 Å². The van der Waals surface area contributed by atoms with Crippen molar-refractivity contribution in [3.05, 3.63) is 87.5 Å². The van der Waals surface area contributed by atoms with Gasteiger partial charge in [0, 0.05) is 23.3 Å². The number of amides is 1. The zero-order valence-electron chi connectivity index (χ0n) is 19.2. The second-order valence-corrected chi connectivity index (χ2v) is 8.81. The summed E-state index contributed by atoms with van der Waals surface area (Å²) in [6, 6.07) is 7.81. The molecule has 1 aliphatic carbocycles. The number of aliphatic imine (C=N–C) groups is 1. The maximum absolute atomic E-state index is 13.4. The topological polar surface area (TPSA) is 91.6 Å². The van der Waals surface area contributed by atoms with Crippen molar-refractivity contribution in [3.63, 3.8) is 0 Å². The second kappa shape index (κ2) is 11.6. The first-order chi connectivity index (χ1) is 17.0. The molecule has 0 radical (unpaired) electrons. The summed E-state index contributed by atoms with van der Waals surface area (Å²) in [7, 11) is 1.22. The van der Waals surface area contributed by atoms with Crippen LogP contribution in [-0.4, -0.2) is 36.1 Å². The number of nitrogens with zero attached hydrogens (tertiary/aromatic N) is 1. The van der Waals surface area contributed by atoms with Gasteiger partial charge in [0.2, 0.25) is 0 Å². The Labute approximate surface area is 214 Å². The van der Waals surface area contributed by atoms with Crippen LogP contribution < -0.4 is 5.32 Å². The summed E-state index contributed by atoms with van der Waals surface area (Å²) in [4.78, 5) is 29.3. The van der Waals surface area contributed by atoms with Crippen LogP contribution >= 0.6 is 23.4 Å². The molecule has 0 spiro atoms. The minimum atomic E-state index is -4.71. The van der Waals surface area contributed by atoms with Gasteiger partial charge in [0.1, 0.15) is 0 Å². The Hall–Kier alpha value is -3.37. The molecule has 0 heterocycles. The van der Waals surface area contributed by atoms with Crippen LogP contribution in [-0.2, 0) is 17.3 Å². The highest BCUT2D eigenvalue weighted by Gasteiger charge is 2.35. The third kappa shape index (κ3) is 6.64. The number of methoxy groups -OCH3 is 1. The molecule has 1 amide bonds. The quantitative estimate of drug-likeness (QED) is 0.252. The summed E-state index contributed by atoms with van der Waals surface area (Å²) in [6.45, 7) is 0. The Kier molecular flexibility index (Phi) is 8.75. The smallest absolute Gasteiger partial charge is 0.417 e. The number of alkyl halides is 3. The highest BCUT2D eigenvalue weighted by atomic mass is 35.5. The van der Waals surface area contributed by atoms with Crippen LogP contribution in [0.5, 0.6) is 0 Å². The fourth-order valence-corrected chi connectivity index (χ4v) is 4.20. The van der Waals surface area contributed by atoms with E-state index in [4.69, 9.17) is 17.0 Å². The van der Waals surface area contributed by atoms with Gasteiger partial charge in [-0.25, -0.2) is 9.79 Å². The number of hydrogen-bond acceptors (Lipinski definition) is 6. The van der Waals surface area contributed by atoms with E-state index in [1.807, 2.05) is 6.08 Å². The largest absolute Gasteiger partial charge is 0.453 e. The summed E-state index contributed by atoms with van der Waals surface area (Å²) in [5, 5.41) is 9.97. The molecular formula is C25H21ClF3N3O3S. The number of hydrogen-bond donors (Lipinski definition) is 2. The normalized spacial score (nSPS) is 13.9. The van der Waals surface area contributed by atoms with E-state index in [2.05, 4.69) is 15.0 Å². The van der Waals surface area contributed by atoms with Gasteiger partial charge in [0.15, 0.2) is 11.0 Å². The highest BCUT2D eigenvalue weighted by Crippen LogP contribution is 2.37. The van der Waals surface area contributed by atoms with E-state index in [9.17, 15) is 22.8 Å². The standard InChI is InChI=1S/C25H21ClF3N3O3S/c1-35-24(34)32-23(36-2)31-17-9-10-18(15(13-17)11-14-5-3-6-16(30)12-14)22(33)19-7-4-8-20(21(19)26)25(27,28)29/h3-10,13,30H,11-12H2,1-2H3,(H,31,32,34). The molecule has 188 valence electrons. The lowest BCUT2D eigenvalue weighted by molar-refractivity contribution is -0.137. The minimum absolute atomic E-state index is 0.156. The molecule has 1 aliphatic rings. The summed E-state index contributed by atoms with van der Waals surface area (Å²) >= 11 is 7.18.